The average molecular weight is 343 g/mol. The van der Waals surface area contributed by atoms with E-state index in [-0.39, 0.29) is 11.2 Å². The minimum absolute atomic E-state index is 0.181. The van der Waals surface area contributed by atoms with Crippen molar-refractivity contribution in [2.75, 3.05) is 5.32 Å². The minimum Gasteiger partial charge on any atom is -0.474 e. The highest BCUT2D eigenvalue weighted by atomic mass is 32.1. The van der Waals surface area contributed by atoms with Crippen LogP contribution in [0.2, 0.25) is 0 Å². The summed E-state index contributed by atoms with van der Waals surface area (Å²) >= 11 is 0.589. The number of halogens is 3. The molecule has 8 heteroatoms. The standard InChI is InChI=1S/C15H16F3N3OS/c16-15(17,18)12-9-21-14(23-12)20-8-10-4-3-7-19-13(10)22-11-5-1-2-6-11/h3-4,7,9,11H,1-2,5-6,8H2,(H,20,21). The van der Waals surface area contributed by atoms with Gasteiger partial charge in [-0.3, -0.25) is 0 Å². The molecular weight excluding hydrogens is 327 g/mol. The van der Waals surface area contributed by atoms with Gasteiger partial charge in [-0.15, -0.1) is 0 Å². The lowest BCUT2D eigenvalue weighted by Gasteiger charge is -2.15. The maximum Gasteiger partial charge on any atom is 0.427 e. The first-order valence-electron chi connectivity index (χ1n) is 7.40. The van der Waals surface area contributed by atoms with Gasteiger partial charge in [0.05, 0.1) is 6.20 Å². The lowest BCUT2D eigenvalue weighted by atomic mass is 10.2. The Hall–Kier alpha value is -1.83. The molecule has 4 nitrogen and oxygen atoms in total. The average Bonchev–Trinajstić information content (AvgIpc) is 3.17. The van der Waals surface area contributed by atoms with E-state index in [9.17, 15) is 13.2 Å². The van der Waals surface area contributed by atoms with Crippen molar-refractivity contribution in [3.05, 3.63) is 35.0 Å². The number of anilines is 1. The van der Waals surface area contributed by atoms with Gasteiger partial charge in [0.25, 0.3) is 0 Å². The number of aromatic nitrogens is 2. The number of thiazole rings is 1. The van der Waals surface area contributed by atoms with Crippen LogP contribution in [0, 0.1) is 0 Å². The van der Waals surface area contributed by atoms with Crippen molar-refractivity contribution >= 4 is 16.5 Å². The molecule has 23 heavy (non-hydrogen) atoms. The van der Waals surface area contributed by atoms with Crippen LogP contribution in [-0.4, -0.2) is 16.1 Å². The summed E-state index contributed by atoms with van der Waals surface area (Å²) in [5.74, 6) is 0.541. The Morgan fingerprint density at radius 2 is 2.04 bits per heavy atom. The number of hydrogen-bond donors (Lipinski definition) is 1. The van der Waals surface area contributed by atoms with Crippen LogP contribution in [0.3, 0.4) is 0 Å². The molecule has 2 aromatic rings. The minimum atomic E-state index is -4.36. The summed E-state index contributed by atoms with van der Waals surface area (Å²) in [5, 5.41) is 3.14. The summed E-state index contributed by atoms with van der Waals surface area (Å²) in [6.07, 6.45) is 2.67. The fraction of sp³-hybridized carbons (Fsp3) is 0.467. The highest BCUT2D eigenvalue weighted by Crippen LogP contribution is 2.35. The number of rotatable bonds is 5. The third-order valence-corrected chi connectivity index (χ3v) is 4.65. The third kappa shape index (κ3) is 4.13. The summed E-state index contributed by atoms with van der Waals surface area (Å²) in [4.78, 5) is 7.28. The van der Waals surface area contributed by atoms with E-state index in [4.69, 9.17) is 4.74 Å². The summed E-state index contributed by atoms with van der Waals surface area (Å²) < 4.78 is 43.6. The fourth-order valence-electron chi connectivity index (χ4n) is 2.49. The molecule has 0 saturated heterocycles. The first-order valence-corrected chi connectivity index (χ1v) is 8.21. The molecule has 2 heterocycles. The Morgan fingerprint density at radius 3 is 2.74 bits per heavy atom. The number of nitrogens with zero attached hydrogens (tertiary/aromatic N) is 2. The van der Waals surface area contributed by atoms with Gasteiger partial charge in [0.1, 0.15) is 11.0 Å². The first-order chi connectivity index (χ1) is 11.0. The van der Waals surface area contributed by atoms with Crippen LogP contribution in [0.25, 0.3) is 0 Å². The molecule has 1 saturated carbocycles. The van der Waals surface area contributed by atoms with Gasteiger partial charge in [-0.25, -0.2) is 9.97 Å². The Kier molecular flexibility index (Phi) is 4.70. The molecule has 2 aromatic heterocycles. The molecule has 0 radical (unpaired) electrons. The normalized spacial score (nSPS) is 15.8. The van der Waals surface area contributed by atoms with Gasteiger partial charge in [-0.1, -0.05) is 17.4 Å². The van der Waals surface area contributed by atoms with Crippen LogP contribution in [0.4, 0.5) is 18.3 Å². The van der Waals surface area contributed by atoms with Crippen molar-refractivity contribution in [1.82, 2.24) is 9.97 Å². The smallest absolute Gasteiger partial charge is 0.427 e. The van der Waals surface area contributed by atoms with Crippen LogP contribution in [-0.2, 0) is 12.7 Å². The van der Waals surface area contributed by atoms with Crippen LogP contribution >= 0.6 is 11.3 Å². The molecular formula is C15H16F3N3OS. The van der Waals surface area contributed by atoms with Crippen LogP contribution in [0.5, 0.6) is 5.88 Å². The van der Waals surface area contributed by atoms with Gasteiger partial charge in [-0.2, -0.15) is 13.2 Å². The van der Waals surface area contributed by atoms with E-state index in [1.54, 1.807) is 12.3 Å². The molecule has 0 aromatic carbocycles. The van der Waals surface area contributed by atoms with E-state index in [1.807, 2.05) is 6.07 Å². The van der Waals surface area contributed by atoms with Gasteiger partial charge in [0.2, 0.25) is 5.88 Å². The summed E-state index contributed by atoms with van der Waals surface area (Å²) in [5.41, 5.74) is 0.808. The SMILES string of the molecule is FC(F)(F)c1cnc(NCc2cccnc2OC2CCCC2)s1. The molecule has 0 spiro atoms. The van der Waals surface area contributed by atoms with E-state index in [0.29, 0.717) is 23.8 Å². The number of alkyl halides is 3. The molecule has 1 fully saturated rings. The monoisotopic (exact) mass is 343 g/mol. The largest absolute Gasteiger partial charge is 0.474 e. The lowest BCUT2D eigenvalue weighted by molar-refractivity contribution is -0.134. The second kappa shape index (κ2) is 6.74. The molecule has 0 bridgehead atoms. The van der Waals surface area contributed by atoms with E-state index >= 15 is 0 Å². The summed E-state index contributed by atoms with van der Waals surface area (Å²) in [7, 11) is 0. The number of ether oxygens (including phenoxy) is 1. The van der Waals surface area contributed by atoms with E-state index < -0.39 is 11.1 Å². The van der Waals surface area contributed by atoms with Crippen LogP contribution in [0.15, 0.2) is 24.5 Å². The Bertz CT molecular complexity index is 653. The van der Waals surface area contributed by atoms with Gasteiger partial charge < -0.3 is 10.1 Å². The zero-order valence-electron chi connectivity index (χ0n) is 12.3. The van der Waals surface area contributed by atoms with Crippen LogP contribution < -0.4 is 10.1 Å². The Balaban J connectivity index is 1.64. The predicted molar refractivity (Wildman–Crippen MR) is 81.6 cm³/mol. The fourth-order valence-corrected chi connectivity index (χ4v) is 3.17. The molecule has 124 valence electrons. The van der Waals surface area contributed by atoms with Gasteiger partial charge in [0, 0.05) is 18.3 Å². The van der Waals surface area contributed by atoms with Crippen molar-refractivity contribution < 1.29 is 17.9 Å². The number of hydrogen-bond acceptors (Lipinski definition) is 5. The second-order valence-electron chi connectivity index (χ2n) is 5.37. The Labute approximate surface area is 135 Å². The van der Waals surface area contributed by atoms with Crippen molar-refractivity contribution in [2.24, 2.45) is 0 Å². The zero-order valence-corrected chi connectivity index (χ0v) is 13.1. The third-order valence-electron chi connectivity index (χ3n) is 3.65. The topological polar surface area (TPSA) is 47.0 Å². The van der Waals surface area contributed by atoms with Crippen molar-refractivity contribution in [2.45, 2.75) is 44.5 Å². The van der Waals surface area contributed by atoms with Crippen molar-refractivity contribution in [3.8, 4) is 5.88 Å². The molecule has 1 N–H and O–H groups in total. The predicted octanol–water partition coefficient (Wildman–Crippen LogP) is 4.49. The second-order valence-corrected chi connectivity index (χ2v) is 6.40. The zero-order chi connectivity index (χ0) is 16.3. The van der Waals surface area contributed by atoms with Gasteiger partial charge >= 0.3 is 6.18 Å². The molecule has 0 amide bonds. The first kappa shape index (κ1) is 16.0. The molecule has 0 atom stereocenters. The van der Waals surface area contributed by atoms with Crippen LogP contribution in [0.1, 0.15) is 36.1 Å². The van der Waals surface area contributed by atoms with E-state index in [2.05, 4.69) is 15.3 Å². The van der Waals surface area contributed by atoms with Crippen molar-refractivity contribution in [1.29, 1.82) is 0 Å². The maximum absolute atomic E-state index is 12.6. The molecule has 0 unspecified atom stereocenters. The maximum atomic E-state index is 12.6. The highest BCUT2D eigenvalue weighted by molar-refractivity contribution is 7.15. The lowest BCUT2D eigenvalue weighted by Crippen LogP contribution is -2.14. The molecule has 1 aliphatic rings. The van der Waals surface area contributed by atoms with E-state index in [0.717, 1.165) is 37.4 Å². The number of pyridine rings is 1. The van der Waals surface area contributed by atoms with E-state index in [1.165, 1.54) is 0 Å². The van der Waals surface area contributed by atoms with Gasteiger partial charge in [-0.05, 0) is 31.7 Å². The van der Waals surface area contributed by atoms with Gasteiger partial charge in [0.15, 0.2) is 5.13 Å². The number of nitrogens with one attached hydrogen (secondary N) is 1. The molecule has 1 aliphatic carbocycles. The molecule has 3 rings (SSSR count). The quantitative estimate of drug-likeness (QED) is 0.869. The Morgan fingerprint density at radius 1 is 1.26 bits per heavy atom. The summed E-state index contributed by atoms with van der Waals surface area (Å²) in [6, 6.07) is 3.63. The van der Waals surface area contributed by atoms with Crippen molar-refractivity contribution in [3.63, 3.8) is 0 Å². The summed E-state index contributed by atoms with van der Waals surface area (Å²) in [6.45, 7) is 0.320. The molecule has 0 aliphatic heterocycles. The highest BCUT2D eigenvalue weighted by Gasteiger charge is 2.33.